The van der Waals surface area contributed by atoms with E-state index in [-0.39, 0.29) is 5.91 Å². The molecule has 106 valence electrons. The zero-order valence-electron chi connectivity index (χ0n) is 11.3. The van der Waals surface area contributed by atoms with E-state index in [1.807, 2.05) is 6.92 Å². The maximum atomic E-state index is 12.1. The number of anilines is 1. The predicted octanol–water partition coefficient (Wildman–Crippen LogP) is 2.82. The number of nitrogens with zero attached hydrogens (tertiary/aromatic N) is 2. The minimum atomic E-state index is -0.0513. The second kappa shape index (κ2) is 5.76. The van der Waals surface area contributed by atoms with Gasteiger partial charge in [-0.1, -0.05) is 11.2 Å². The number of carbonyl (C=O) groups excluding carboxylic acids is 1. The van der Waals surface area contributed by atoms with Crippen molar-refractivity contribution in [1.82, 2.24) is 10.1 Å². The number of likely N-dealkylation sites (tertiary alicyclic amines) is 1. The van der Waals surface area contributed by atoms with Crippen molar-refractivity contribution in [2.45, 2.75) is 25.8 Å². The fraction of sp³-hybridized carbons (Fsp3) is 0.429. The standard InChI is InChI=1S/C14H17N3O2S/c1-10-8-14(19-16-10)15-13(18)9-17-6-2-4-11(17)12-5-3-7-20-12/h3,5,7-8,11H,2,4,6,9H2,1H3,(H,15,18)/t11-/m0/s1. The Morgan fingerprint density at radius 3 is 3.25 bits per heavy atom. The summed E-state index contributed by atoms with van der Waals surface area (Å²) in [4.78, 5) is 15.6. The van der Waals surface area contributed by atoms with Gasteiger partial charge in [0.05, 0.1) is 12.2 Å². The summed E-state index contributed by atoms with van der Waals surface area (Å²) in [6, 6.07) is 6.30. The highest BCUT2D eigenvalue weighted by Crippen LogP contribution is 2.34. The maximum absolute atomic E-state index is 12.1. The number of aryl methyl sites for hydroxylation is 1. The van der Waals surface area contributed by atoms with Crippen LogP contribution in [0.15, 0.2) is 28.1 Å². The van der Waals surface area contributed by atoms with Crippen molar-refractivity contribution in [1.29, 1.82) is 0 Å². The first kappa shape index (κ1) is 13.3. The molecule has 0 bridgehead atoms. The highest BCUT2D eigenvalue weighted by Gasteiger charge is 2.28. The van der Waals surface area contributed by atoms with Crippen LogP contribution < -0.4 is 5.32 Å². The van der Waals surface area contributed by atoms with Gasteiger partial charge < -0.3 is 4.52 Å². The summed E-state index contributed by atoms with van der Waals surface area (Å²) in [5.74, 6) is 0.365. The second-order valence-corrected chi connectivity index (χ2v) is 6.00. The third-order valence-electron chi connectivity index (χ3n) is 3.47. The SMILES string of the molecule is Cc1cc(NC(=O)CN2CCC[C@H]2c2cccs2)on1. The average Bonchev–Trinajstić information content (AvgIpc) is 3.10. The Balaban J connectivity index is 1.60. The number of thiophene rings is 1. The van der Waals surface area contributed by atoms with Crippen molar-refractivity contribution in [3.05, 3.63) is 34.2 Å². The summed E-state index contributed by atoms with van der Waals surface area (Å²) < 4.78 is 5.00. The molecule has 3 heterocycles. The Labute approximate surface area is 121 Å². The van der Waals surface area contributed by atoms with Crippen molar-refractivity contribution < 1.29 is 9.32 Å². The van der Waals surface area contributed by atoms with E-state index in [4.69, 9.17) is 4.52 Å². The molecule has 0 aliphatic carbocycles. The first-order valence-electron chi connectivity index (χ1n) is 6.73. The summed E-state index contributed by atoms with van der Waals surface area (Å²) in [6.07, 6.45) is 2.26. The van der Waals surface area contributed by atoms with Gasteiger partial charge in [-0.25, -0.2) is 0 Å². The van der Waals surface area contributed by atoms with Gasteiger partial charge in [0.2, 0.25) is 11.8 Å². The van der Waals surface area contributed by atoms with Crippen LogP contribution in [0.2, 0.25) is 0 Å². The number of carbonyl (C=O) groups is 1. The zero-order chi connectivity index (χ0) is 13.9. The number of rotatable bonds is 4. The smallest absolute Gasteiger partial charge is 0.240 e. The van der Waals surface area contributed by atoms with E-state index in [9.17, 15) is 4.79 Å². The molecule has 3 rings (SSSR count). The van der Waals surface area contributed by atoms with Crippen LogP contribution >= 0.6 is 11.3 Å². The van der Waals surface area contributed by atoms with Gasteiger partial charge in [-0.15, -0.1) is 11.3 Å². The molecule has 0 radical (unpaired) electrons. The Hall–Kier alpha value is -1.66. The van der Waals surface area contributed by atoms with Crippen LogP contribution in [-0.4, -0.2) is 29.1 Å². The molecule has 0 unspecified atom stereocenters. The Morgan fingerprint density at radius 1 is 1.65 bits per heavy atom. The number of hydrogen-bond acceptors (Lipinski definition) is 5. The Kier molecular flexibility index (Phi) is 3.84. The number of hydrogen-bond donors (Lipinski definition) is 1. The molecule has 0 saturated carbocycles. The molecule has 2 aromatic heterocycles. The molecule has 1 N–H and O–H groups in total. The van der Waals surface area contributed by atoms with Gasteiger partial charge in [-0.05, 0) is 37.8 Å². The van der Waals surface area contributed by atoms with E-state index in [0.29, 0.717) is 18.5 Å². The molecule has 5 nitrogen and oxygen atoms in total. The molecular formula is C14H17N3O2S. The average molecular weight is 291 g/mol. The monoisotopic (exact) mass is 291 g/mol. The number of nitrogens with one attached hydrogen (secondary N) is 1. The quantitative estimate of drug-likeness (QED) is 0.941. The summed E-state index contributed by atoms with van der Waals surface area (Å²) in [6.45, 7) is 3.18. The van der Waals surface area contributed by atoms with Crippen LogP contribution in [0, 0.1) is 6.92 Å². The van der Waals surface area contributed by atoms with Gasteiger partial charge in [0.25, 0.3) is 0 Å². The third-order valence-corrected chi connectivity index (χ3v) is 4.45. The lowest BCUT2D eigenvalue weighted by atomic mass is 10.2. The van der Waals surface area contributed by atoms with E-state index in [2.05, 4.69) is 32.9 Å². The van der Waals surface area contributed by atoms with Crippen molar-refractivity contribution in [3.8, 4) is 0 Å². The highest BCUT2D eigenvalue weighted by atomic mass is 32.1. The molecule has 1 atom stereocenters. The molecular weight excluding hydrogens is 274 g/mol. The lowest BCUT2D eigenvalue weighted by molar-refractivity contribution is -0.117. The molecule has 1 saturated heterocycles. The van der Waals surface area contributed by atoms with E-state index >= 15 is 0 Å². The van der Waals surface area contributed by atoms with Gasteiger partial charge in [0, 0.05) is 17.0 Å². The first-order valence-corrected chi connectivity index (χ1v) is 7.61. The number of aromatic nitrogens is 1. The first-order chi connectivity index (χ1) is 9.72. The molecule has 20 heavy (non-hydrogen) atoms. The molecule has 1 amide bonds. The number of amides is 1. The van der Waals surface area contributed by atoms with Gasteiger partial charge in [-0.2, -0.15) is 0 Å². The van der Waals surface area contributed by atoms with E-state index in [0.717, 1.165) is 25.1 Å². The van der Waals surface area contributed by atoms with E-state index in [1.165, 1.54) is 4.88 Å². The summed E-state index contributed by atoms with van der Waals surface area (Å²) >= 11 is 1.76. The van der Waals surface area contributed by atoms with Crippen LogP contribution in [0.1, 0.15) is 29.5 Å². The van der Waals surface area contributed by atoms with Gasteiger partial charge in [0.1, 0.15) is 0 Å². The fourth-order valence-corrected chi connectivity index (χ4v) is 3.50. The summed E-state index contributed by atoms with van der Waals surface area (Å²) in [7, 11) is 0. The predicted molar refractivity (Wildman–Crippen MR) is 77.7 cm³/mol. The maximum Gasteiger partial charge on any atom is 0.240 e. The molecule has 0 spiro atoms. The molecule has 1 aliphatic heterocycles. The Bertz CT molecular complexity index is 579. The molecule has 2 aromatic rings. The molecule has 6 heteroatoms. The van der Waals surface area contributed by atoms with Crippen LogP contribution in [-0.2, 0) is 4.79 Å². The summed E-state index contributed by atoms with van der Waals surface area (Å²) in [5, 5.41) is 8.59. The van der Waals surface area contributed by atoms with Crippen molar-refractivity contribution in [2.24, 2.45) is 0 Å². The normalized spacial score (nSPS) is 19.4. The lowest BCUT2D eigenvalue weighted by Gasteiger charge is -2.22. The van der Waals surface area contributed by atoms with Crippen molar-refractivity contribution >= 4 is 23.1 Å². The third kappa shape index (κ3) is 2.91. The van der Waals surface area contributed by atoms with Gasteiger partial charge >= 0.3 is 0 Å². The van der Waals surface area contributed by atoms with E-state index in [1.54, 1.807) is 17.4 Å². The fourth-order valence-electron chi connectivity index (χ4n) is 2.60. The van der Waals surface area contributed by atoms with Crippen LogP contribution in [0.25, 0.3) is 0 Å². The van der Waals surface area contributed by atoms with Crippen LogP contribution in [0.3, 0.4) is 0 Å². The highest BCUT2D eigenvalue weighted by molar-refractivity contribution is 7.10. The lowest BCUT2D eigenvalue weighted by Crippen LogP contribution is -2.32. The molecule has 1 aliphatic rings. The summed E-state index contributed by atoms with van der Waals surface area (Å²) in [5.41, 5.74) is 0.762. The Morgan fingerprint density at radius 2 is 2.55 bits per heavy atom. The largest absolute Gasteiger partial charge is 0.338 e. The van der Waals surface area contributed by atoms with Gasteiger partial charge in [0.15, 0.2) is 0 Å². The van der Waals surface area contributed by atoms with Gasteiger partial charge in [-0.3, -0.25) is 15.0 Å². The molecule has 0 aromatic carbocycles. The van der Waals surface area contributed by atoms with Crippen molar-refractivity contribution in [3.63, 3.8) is 0 Å². The van der Waals surface area contributed by atoms with Crippen LogP contribution in [0.5, 0.6) is 0 Å². The second-order valence-electron chi connectivity index (χ2n) is 5.02. The minimum Gasteiger partial charge on any atom is -0.338 e. The van der Waals surface area contributed by atoms with Crippen molar-refractivity contribution in [2.75, 3.05) is 18.4 Å². The zero-order valence-corrected chi connectivity index (χ0v) is 12.2. The topological polar surface area (TPSA) is 58.4 Å². The van der Waals surface area contributed by atoms with Crippen LogP contribution in [0.4, 0.5) is 5.88 Å². The molecule has 1 fully saturated rings. The van der Waals surface area contributed by atoms with E-state index < -0.39 is 0 Å². The minimum absolute atomic E-state index is 0.0513.